The molecule has 2 aromatic rings. The molecule has 0 aliphatic carbocycles. The first-order valence-electron chi connectivity index (χ1n) is 7.21. The molecule has 0 radical (unpaired) electrons. The second kappa shape index (κ2) is 7.70. The zero-order valence-corrected chi connectivity index (χ0v) is 12.7. The summed E-state index contributed by atoms with van der Waals surface area (Å²) in [5.41, 5.74) is 8.44. The molecule has 0 aliphatic heterocycles. The van der Waals surface area contributed by atoms with Crippen molar-refractivity contribution in [2.24, 2.45) is 11.7 Å². The summed E-state index contributed by atoms with van der Waals surface area (Å²) in [5, 5.41) is 0. The molecule has 112 valence electrons. The maximum absolute atomic E-state index is 5.95. The van der Waals surface area contributed by atoms with Crippen molar-refractivity contribution < 1.29 is 9.47 Å². The normalized spacial score (nSPS) is 12.0. The van der Waals surface area contributed by atoms with Crippen LogP contribution in [-0.2, 0) is 12.8 Å². The van der Waals surface area contributed by atoms with Gasteiger partial charge in [-0.3, -0.25) is 0 Å². The van der Waals surface area contributed by atoms with Gasteiger partial charge in [0.2, 0.25) is 0 Å². The summed E-state index contributed by atoms with van der Waals surface area (Å²) in [6.45, 7) is 0.657. The molecule has 0 heterocycles. The van der Waals surface area contributed by atoms with E-state index < -0.39 is 0 Å². The number of benzene rings is 2. The lowest BCUT2D eigenvalue weighted by atomic mass is 9.92. The van der Waals surface area contributed by atoms with Gasteiger partial charge in [0, 0.05) is 0 Å². The highest BCUT2D eigenvalue weighted by molar-refractivity contribution is 5.34. The molecule has 0 bridgehead atoms. The monoisotopic (exact) mass is 285 g/mol. The zero-order chi connectivity index (χ0) is 15.1. The van der Waals surface area contributed by atoms with Gasteiger partial charge in [-0.05, 0) is 54.6 Å². The van der Waals surface area contributed by atoms with Crippen LogP contribution < -0.4 is 15.2 Å². The first-order valence-corrected chi connectivity index (χ1v) is 7.21. The molecular formula is C18H23NO2. The standard InChI is InChI=1S/C18H23NO2/c1-20-17-9-7-14(8-10-17)11-15(13-19)12-16-5-3-4-6-18(16)21-2/h3-10,15H,11-13,19H2,1-2H3. The number of ether oxygens (including phenoxy) is 2. The molecule has 0 fully saturated rings. The molecule has 0 aliphatic rings. The second-order valence-corrected chi connectivity index (χ2v) is 5.17. The van der Waals surface area contributed by atoms with E-state index in [9.17, 15) is 0 Å². The Morgan fingerprint density at radius 1 is 0.905 bits per heavy atom. The SMILES string of the molecule is COc1ccc(CC(CN)Cc2ccccc2OC)cc1. The van der Waals surface area contributed by atoms with Crippen molar-refractivity contribution in [3.8, 4) is 11.5 Å². The van der Waals surface area contributed by atoms with Crippen molar-refractivity contribution in [1.82, 2.24) is 0 Å². The third kappa shape index (κ3) is 4.23. The fourth-order valence-corrected chi connectivity index (χ4v) is 2.52. The summed E-state index contributed by atoms with van der Waals surface area (Å²) in [4.78, 5) is 0. The third-order valence-corrected chi connectivity index (χ3v) is 3.72. The molecule has 1 unspecified atom stereocenters. The topological polar surface area (TPSA) is 44.5 Å². The van der Waals surface area contributed by atoms with E-state index in [1.165, 1.54) is 11.1 Å². The van der Waals surface area contributed by atoms with E-state index in [2.05, 4.69) is 18.2 Å². The minimum Gasteiger partial charge on any atom is -0.497 e. The molecule has 3 heteroatoms. The Kier molecular flexibility index (Phi) is 5.64. The minimum absolute atomic E-state index is 0.398. The van der Waals surface area contributed by atoms with Gasteiger partial charge in [-0.1, -0.05) is 30.3 Å². The lowest BCUT2D eigenvalue weighted by molar-refractivity contribution is 0.403. The van der Waals surface area contributed by atoms with Crippen LogP contribution in [0, 0.1) is 5.92 Å². The first kappa shape index (κ1) is 15.4. The number of hydrogen-bond acceptors (Lipinski definition) is 3. The van der Waals surface area contributed by atoms with Crippen molar-refractivity contribution in [1.29, 1.82) is 0 Å². The van der Waals surface area contributed by atoms with E-state index in [1.54, 1.807) is 14.2 Å². The van der Waals surface area contributed by atoms with E-state index in [0.29, 0.717) is 12.5 Å². The molecule has 3 nitrogen and oxygen atoms in total. The Balaban J connectivity index is 2.05. The molecule has 1 atom stereocenters. The Morgan fingerprint density at radius 3 is 2.24 bits per heavy atom. The largest absolute Gasteiger partial charge is 0.497 e. The van der Waals surface area contributed by atoms with Crippen LogP contribution in [-0.4, -0.2) is 20.8 Å². The van der Waals surface area contributed by atoms with Crippen LogP contribution in [0.5, 0.6) is 11.5 Å². The molecule has 0 saturated carbocycles. The molecule has 2 N–H and O–H groups in total. The Hall–Kier alpha value is -2.00. The molecule has 2 rings (SSSR count). The smallest absolute Gasteiger partial charge is 0.122 e. The predicted octanol–water partition coefficient (Wildman–Crippen LogP) is 3.06. The van der Waals surface area contributed by atoms with Crippen LogP contribution >= 0.6 is 0 Å². The maximum atomic E-state index is 5.95. The number of hydrogen-bond donors (Lipinski definition) is 1. The van der Waals surface area contributed by atoms with Gasteiger partial charge >= 0.3 is 0 Å². The van der Waals surface area contributed by atoms with Gasteiger partial charge in [-0.15, -0.1) is 0 Å². The second-order valence-electron chi connectivity index (χ2n) is 5.17. The van der Waals surface area contributed by atoms with E-state index in [0.717, 1.165) is 24.3 Å². The quantitative estimate of drug-likeness (QED) is 0.850. The van der Waals surface area contributed by atoms with E-state index in [1.807, 2.05) is 30.3 Å². The van der Waals surface area contributed by atoms with Crippen LogP contribution in [0.25, 0.3) is 0 Å². The Morgan fingerprint density at radius 2 is 1.62 bits per heavy atom. The molecular weight excluding hydrogens is 262 g/mol. The van der Waals surface area contributed by atoms with Gasteiger partial charge in [-0.2, -0.15) is 0 Å². The third-order valence-electron chi connectivity index (χ3n) is 3.72. The predicted molar refractivity (Wildman–Crippen MR) is 85.9 cm³/mol. The van der Waals surface area contributed by atoms with Crippen molar-refractivity contribution in [3.05, 3.63) is 59.7 Å². The van der Waals surface area contributed by atoms with E-state index in [-0.39, 0.29) is 0 Å². The molecule has 0 spiro atoms. The highest BCUT2D eigenvalue weighted by atomic mass is 16.5. The summed E-state index contributed by atoms with van der Waals surface area (Å²) in [5.74, 6) is 2.22. The lowest BCUT2D eigenvalue weighted by Crippen LogP contribution is -2.19. The summed E-state index contributed by atoms with van der Waals surface area (Å²) >= 11 is 0. The van der Waals surface area contributed by atoms with Gasteiger partial charge < -0.3 is 15.2 Å². The summed E-state index contributed by atoms with van der Waals surface area (Å²) in [7, 11) is 3.39. The van der Waals surface area contributed by atoms with E-state index >= 15 is 0 Å². The Bertz CT molecular complexity index is 551. The maximum Gasteiger partial charge on any atom is 0.122 e. The molecule has 0 saturated heterocycles. The summed E-state index contributed by atoms with van der Waals surface area (Å²) in [6, 6.07) is 16.3. The van der Waals surface area contributed by atoms with Crippen molar-refractivity contribution in [2.45, 2.75) is 12.8 Å². The van der Waals surface area contributed by atoms with Gasteiger partial charge in [-0.25, -0.2) is 0 Å². The Labute approximate surface area is 126 Å². The van der Waals surface area contributed by atoms with Crippen LogP contribution in [0.3, 0.4) is 0 Å². The van der Waals surface area contributed by atoms with Gasteiger partial charge in [0.25, 0.3) is 0 Å². The average Bonchev–Trinajstić information content (AvgIpc) is 2.55. The van der Waals surface area contributed by atoms with Crippen LogP contribution in [0.4, 0.5) is 0 Å². The molecule has 21 heavy (non-hydrogen) atoms. The van der Waals surface area contributed by atoms with Gasteiger partial charge in [0.1, 0.15) is 11.5 Å². The molecule has 0 amide bonds. The van der Waals surface area contributed by atoms with Crippen molar-refractivity contribution in [3.63, 3.8) is 0 Å². The summed E-state index contributed by atoms with van der Waals surface area (Å²) in [6.07, 6.45) is 1.88. The lowest BCUT2D eigenvalue weighted by Gasteiger charge is -2.17. The number of rotatable bonds is 7. The van der Waals surface area contributed by atoms with Crippen molar-refractivity contribution in [2.75, 3.05) is 20.8 Å². The zero-order valence-electron chi connectivity index (χ0n) is 12.7. The summed E-state index contributed by atoms with van der Waals surface area (Å²) < 4.78 is 10.6. The highest BCUT2D eigenvalue weighted by Crippen LogP contribution is 2.23. The average molecular weight is 285 g/mol. The number of para-hydroxylation sites is 1. The highest BCUT2D eigenvalue weighted by Gasteiger charge is 2.12. The molecule has 2 aromatic carbocycles. The van der Waals surface area contributed by atoms with Crippen LogP contribution in [0.1, 0.15) is 11.1 Å². The van der Waals surface area contributed by atoms with Gasteiger partial charge in [0.15, 0.2) is 0 Å². The van der Waals surface area contributed by atoms with Crippen LogP contribution in [0.15, 0.2) is 48.5 Å². The van der Waals surface area contributed by atoms with E-state index in [4.69, 9.17) is 15.2 Å². The first-order chi connectivity index (χ1) is 10.3. The minimum atomic E-state index is 0.398. The fourth-order valence-electron chi connectivity index (χ4n) is 2.52. The number of methoxy groups -OCH3 is 2. The van der Waals surface area contributed by atoms with Gasteiger partial charge in [0.05, 0.1) is 14.2 Å². The van der Waals surface area contributed by atoms with Crippen molar-refractivity contribution >= 4 is 0 Å². The van der Waals surface area contributed by atoms with Crippen LogP contribution in [0.2, 0.25) is 0 Å². The number of nitrogens with two attached hydrogens (primary N) is 1. The fraction of sp³-hybridized carbons (Fsp3) is 0.333. The molecule has 0 aromatic heterocycles.